The molecular formula is C12H12I3N3O5. The van der Waals surface area contributed by atoms with Crippen molar-refractivity contribution in [3.05, 3.63) is 21.8 Å². The molecule has 0 bridgehead atoms. The maximum absolute atomic E-state index is 12.4. The van der Waals surface area contributed by atoms with E-state index in [1.807, 2.05) is 67.8 Å². The van der Waals surface area contributed by atoms with Crippen LogP contribution in [0.25, 0.3) is 0 Å². The normalized spacial score (nSPS) is 11.7. The van der Waals surface area contributed by atoms with Crippen molar-refractivity contribution in [1.29, 1.82) is 0 Å². The van der Waals surface area contributed by atoms with E-state index in [0.29, 0.717) is 22.8 Å². The molecule has 126 valence electrons. The van der Waals surface area contributed by atoms with Crippen LogP contribution in [0.1, 0.15) is 20.7 Å². The molecule has 0 spiro atoms. The molecule has 1 rings (SSSR count). The first-order valence-corrected chi connectivity index (χ1v) is 9.27. The maximum atomic E-state index is 12.4. The van der Waals surface area contributed by atoms with Crippen LogP contribution in [0.15, 0.2) is 0 Å². The van der Waals surface area contributed by atoms with Crippen molar-refractivity contribution in [2.24, 2.45) is 5.73 Å². The predicted molar refractivity (Wildman–Crippen MR) is 108 cm³/mol. The summed E-state index contributed by atoms with van der Waals surface area (Å²) in [4.78, 5) is 34.8. The van der Waals surface area contributed by atoms with Crippen LogP contribution in [0.2, 0.25) is 0 Å². The van der Waals surface area contributed by atoms with Gasteiger partial charge in [0.2, 0.25) is 6.41 Å². The summed E-state index contributed by atoms with van der Waals surface area (Å²) in [5.41, 5.74) is 5.97. The number of benzene rings is 1. The summed E-state index contributed by atoms with van der Waals surface area (Å²) < 4.78 is 1.21. The lowest BCUT2D eigenvalue weighted by Gasteiger charge is -2.17. The molecule has 11 heteroatoms. The number of nitrogens with two attached hydrogens (primary N) is 1. The Morgan fingerprint density at radius 3 is 2.22 bits per heavy atom. The van der Waals surface area contributed by atoms with Gasteiger partial charge in [0.05, 0.1) is 36.7 Å². The minimum absolute atomic E-state index is 0.129. The molecule has 3 amide bonds. The van der Waals surface area contributed by atoms with Gasteiger partial charge in [0.15, 0.2) is 0 Å². The van der Waals surface area contributed by atoms with Gasteiger partial charge in [-0.05, 0) is 67.8 Å². The van der Waals surface area contributed by atoms with E-state index in [0.717, 1.165) is 0 Å². The molecule has 0 aromatic heterocycles. The number of aliphatic hydroxyl groups excluding tert-OH is 2. The van der Waals surface area contributed by atoms with Crippen molar-refractivity contribution in [1.82, 2.24) is 5.32 Å². The van der Waals surface area contributed by atoms with Crippen LogP contribution >= 0.6 is 67.8 Å². The van der Waals surface area contributed by atoms with E-state index in [1.54, 1.807) is 0 Å². The molecule has 6 N–H and O–H groups in total. The number of aliphatic hydroxyl groups is 2. The minimum atomic E-state index is -1.10. The Morgan fingerprint density at radius 2 is 1.74 bits per heavy atom. The van der Waals surface area contributed by atoms with Crippen LogP contribution in [-0.2, 0) is 4.79 Å². The van der Waals surface area contributed by atoms with Crippen molar-refractivity contribution >= 4 is 91.7 Å². The highest BCUT2D eigenvalue weighted by Crippen LogP contribution is 2.35. The summed E-state index contributed by atoms with van der Waals surface area (Å²) in [7, 11) is 0. The van der Waals surface area contributed by atoms with E-state index in [-0.39, 0.29) is 17.7 Å². The SMILES string of the molecule is NC(=O)c1c(I)c(NC=O)c(I)c(C(=O)NCC(O)CO)c1I. The predicted octanol–water partition coefficient (Wildman–Crippen LogP) is 0.251. The molecule has 0 saturated heterocycles. The molecule has 0 aliphatic heterocycles. The van der Waals surface area contributed by atoms with Crippen LogP contribution < -0.4 is 16.4 Å². The van der Waals surface area contributed by atoms with Crippen LogP contribution in [0.3, 0.4) is 0 Å². The van der Waals surface area contributed by atoms with Crippen LogP contribution in [0.4, 0.5) is 5.69 Å². The molecule has 0 saturated carbocycles. The molecule has 0 heterocycles. The average molecular weight is 659 g/mol. The second kappa shape index (κ2) is 9.28. The highest BCUT2D eigenvalue weighted by Gasteiger charge is 2.26. The van der Waals surface area contributed by atoms with E-state index in [2.05, 4.69) is 10.6 Å². The molecular weight excluding hydrogens is 647 g/mol. The number of hydrogen-bond acceptors (Lipinski definition) is 5. The summed E-state index contributed by atoms with van der Waals surface area (Å²) in [5.74, 6) is -1.28. The van der Waals surface area contributed by atoms with Gasteiger partial charge in [-0.25, -0.2) is 0 Å². The fourth-order valence-corrected chi connectivity index (χ4v) is 6.13. The zero-order valence-corrected chi connectivity index (χ0v) is 17.9. The topological polar surface area (TPSA) is 142 Å². The minimum Gasteiger partial charge on any atom is -0.394 e. The van der Waals surface area contributed by atoms with Gasteiger partial charge in [0.1, 0.15) is 0 Å². The van der Waals surface area contributed by atoms with Gasteiger partial charge in [-0.15, -0.1) is 0 Å². The Labute approximate surface area is 172 Å². The summed E-state index contributed by atoms with van der Waals surface area (Å²) in [6, 6.07) is 0. The molecule has 0 aliphatic carbocycles. The zero-order chi connectivity index (χ0) is 17.7. The Hall–Kier alpha value is -0.260. The zero-order valence-electron chi connectivity index (χ0n) is 11.4. The Bertz CT molecular complexity index is 654. The first-order valence-electron chi connectivity index (χ1n) is 6.03. The molecule has 1 unspecified atom stereocenters. The number of nitrogens with one attached hydrogen (secondary N) is 2. The number of halogens is 3. The largest absolute Gasteiger partial charge is 0.394 e. The second-order valence-electron chi connectivity index (χ2n) is 4.24. The highest BCUT2D eigenvalue weighted by atomic mass is 127. The molecule has 0 aliphatic rings. The van der Waals surface area contributed by atoms with Gasteiger partial charge in [0.25, 0.3) is 11.8 Å². The lowest BCUT2D eigenvalue weighted by Crippen LogP contribution is -2.35. The average Bonchev–Trinajstić information content (AvgIpc) is 2.48. The Morgan fingerprint density at radius 1 is 1.17 bits per heavy atom. The maximum Gasteiger partial charge on any atom is 0.253 e. The molecule has 1 atom stereocenters. The highest BCUT2D eigenvalue weighted by molar-refractivity contribution is 14.1. The first kappa shape index (κ1) is 20.8. The fourth-order valence-electron chi connectivity index (χ4n) is 1.63. The van der Waals surface area contributed by atoms with Crippen molar-refractivity contribution in [2.45, 2.75) is 6.10 Å². The van der Waals surface area contributed by atoms with Gasteiger partial charge in [0, 0.05) is 10.1 Å². The van der Waals surface area contributed by atoms with E-state index in [9.17, 15) is 19.5 Å². The molecule has 23 heavy (non-hydrogen) atoms. The number of anilines is 1. The van der Waals surface area contributed by atoms with Gasteiger partial charge in [-0.3, -0.25) is 14.4 Å². The van der Waals surface area contributed by atoms with Crippen LogP contribution in [-0.4, -0.2) is 47.7 Å². The number of rotatable bonds is 7. The van der Waals surface area contributed by atoms with E-state index < -0.39 is 24.5 Å². The van der Waals surface area contributed by atoms with Crippen molar-refractivity contribution in [3.8, 4) is 0 Å². The number of hydrogen-bond donors (Lipinski definition) is 5. The third kappa shape index (κ3) is 4.86. The number of primary amides is 1. The number of carbonyl (C=O) groups excluding carboxylic acids is 3. The molecule has 8 nitrogen and oxygen atoms in total. The molecule has 0 fully saturated rings. The van der Waals surface area contributed by atoms with Crippen LogP contribution in [0.5, 0.6) is 0 Å². The molecule has 1 aromatic carbocycles. The summed E-state index contributed by atoms with van der Waals surface area (Å²) in [6.45, 7) is -0.651. The van der Waals surface area contributed by atoms with Crippen molar-refractivity contribution in [3.63, 3.8) is 0 Å². The van der Waals surface area contributed by atoms with E-state index >= 15 is 0 Å². The van der Waals surface area contributed by atoms with Gasteiger partial charge in [-0.2, -0.15) is 0 Å². The molecule has 1 aromatic rings. The molecule has 0 radical (unpaired) electrons. The quantitative estimate of drug-likeness (QED) is 0.211. The smallest absolute Gasteiger partial charge is 0.253 e. The van der Waals surface area contributed by atoms with Crippen LogP contribution in [0, 0.1) is 10.7 Å². The van der Waals surface area contributed by atoms with Crippen molar-refractivity contribution in [2.75, 3.05) is 18.5 Å². The van der Waals surface area contributed by atoms with Gasteiger partial charge >= 0.3 is 0 Å². The summed E-state index contributed by atoms with van der Waals surface area (Å²) >= 11 is 5.59. The standard InChI is InChI=1S/C12H12I3N3O5/c13-7-5(11(16)22)8(14)10(18-3-20)9(15)6(7)12(23)17-1-4(21)2-19/h3-4,19,21H,1-2H2,(H2,16,22)(H,17,23)(H,18,20). The Kier molecular flexibility index (Phi) is 8.39. The summed E-state index contributed by atoms with van der Waals surface area (Å²) in [6.07, 6.45) is -0.657. The first-order chi connectivity index (χ1) is 10.8. The number of amides is 3. The second-order valence-corrected chi connectivity index (χ2v) is 7.48. The fraction of sp³-hybridized carbons (Fsp3) is 0.250. The lowest BCUT2D eigenvalue weighted by atomic mass is 10.1. The Balaban J connectivity index is 3.43. The van der Waals surface area contributed by atoms with Gasteiger partial charge < -0.3 is 26.6 Å². The van der Waals surface area contributed by atoms with E-state index in [4.69, 9.17) is 10.8 Å². The third-order valence-corrected chi connectivity index (χ3v) is 5.94. The monoisotopic (exact) mass is 659 g/mol. The lowest BCUT2D eigenvalue weighted by molar-refractivity contribution is -0.105. The van der Waals surface area contributed by atoms with E-state index in [1.165, 1.54) is 0 Å². The third-order valence-electron chi connectivity index (χ3n) is 2.70. The van der Waals surface area contributed by atoms with Gasteiger partial charge in [-0.1, -0.05) is 0 Å². The summed E-state index contributed by atoms with van der Waals surface area (Å²) in [5, 5.41) is 23.0. The van der Waals surface area contributed by atoms with Crippen molar-refractivity contribution < 1.29 is 24.6 Å². The number of carbonyl (C=O) groups is 3.